The van der Waals surface area contributed by atoms with Crippen LogP contribution in [0, 0.1) is 11.3 Å². The second-order valence-electron chi connectivity index (χ2n) is 9.79. The van der Waals surface area contributed by atoms with Crippen LogP contribution >= 0.6 is 0 Å². The first-order chi connectivity index (χ1) is 16.3. The third-order valence-corrected chi connectivity index (χ3v) is 7.90. The number of carbonyl (C=O) groups excluding carboxylic acids is 2. The number of carboxylic acids is 1. The highest BCUT2D eigenvalue weighted by molar-refractivity contribution is 7.89. The summed E-state index contributed by atoms with van der Waals surface area (Å²) in [6.45, 7) is 5.75. The third kappa shape index (κ3) is 7.64. The van der Waals surface area contributed by atoms with Crippen molar-refractivity contribution in [2.24, 2.45) is 11.3 Å². The molecular formula is C23H35N3O8S. The molecule has 1 aromatic rings. The molecule has 2 rings (SSSR count). The van der Waals surface area contributed by atoms with Crippen LogP contribution in [0.4, 0.5) is 0 Å². The molecule has 11 nitrogen and oxygen atoms in total. The SMILES string of the molecule is COc1ccc(S(=O)(=O)N(CCC(=O)N2CCC(C(=O)O)CC2)C(CC(C)(C)C)C(=O)NO)cc1. The highest BCUT2D eigenvalue weighted by Crippen LogP contribution is 2.29. The Kier molecular flexibility index (Phi) is 9.64. The van der Waals surface area contributed by atoms with E-state index in [9.17, 15) is 28.0 Å². The first kappa shape index (κ1) is 28.5. The van der Waals surface area contributed by atoms with Gasteiger partial charge in [0.2, 0.25) is 15.9 Å². The number of aliphatic carboxylic acids is 1. The van der Waals surface area contributed by atoms with Gasteiger partial charge in [-0.2, -0.15) is 4.31 Å². The van der Waals surface area contributed by atoms with Gasteiger partial charge in [0.25, 0.3) is 5.91 Å². The van der Waals surface area contributed by atoms with Crippen LogP contribution in [0.3, 0.4) is 0 Å². The topological polar surface area (TPSA) is 154 Å². The number of nitrogens with zero attached hydrogens (tertiary/aromatic N) is 2. The number of rotatable bonds is 10. The lowest BCUT2D eigenvalue weighted by Crippen LogP contribution is -2.51. The molecule has 35 heavy (non-hydrogen) atoms. The van der Waals surface area contributed by atoms with E-state index in [1.807, 2.05) is 20.8 Å². The quantitative estimate of drug-likeness (QED) is 0.316. The number of piperidine rings is 1. The predicted octanol–water partition coefficient (Wildman–Crippen LogP) is 1.71. The highest BCUT2D eigenvalue weighted by Gasteiger charge is 2.39. The molecule has 1 aromatic carbocycles. The lowest BCUT2D eigenvalue weighted by Gasteiger charge is -2.34. The number of hydrogen-bond acceptors (Lipinski definition) is 7. The number of methoxy groups -OCH3 is 1. The van der Waals surface area contributed by atoms with E-state index in [0.717, 1.165) is 4.31 Å². The number of nitrogens with one attached hydrogen (secondary N) is 1. The Bertz CT molecular complexity index is 997. The van der Waals surface area contributed by atoms with E-state index in [0.29, 0.717) is 18.6 Å². The van der Waals surface area contributed by atoms with Gasteiger partial charge in [-0.25, -0.2) is 13.9 Å². The Hall–Kier alpha value is -2.70. The number of benzene rings is 1. The number of carboxylic acid groups (broad SMARTS) is 1. The normalized spacial score (nSPS) is 16.1. The van der Waals surface area contributed by atoms with Crippen molar-refractivity contribution in [3.05, 3.63) is 24.3 Å². The van der Waals surface area contributed by atoms with E-state index >= 15 is 0 Å². The Morgan fingerprint density at radius 2 is 1.74 bits per heavy atom. The summed E-state index contributed by atoms with van der Waals surface area (Å²) >= 11 is 0. The van der Waals surface area contributed by atoms with Gasteiger partial charge in [0.05, 0.1) is 17.9 Å². The van der Waals surface area contributed by atoms with Gasteiger partial charge in [-0.05, 0) is 48.9 Å². The molecule has 1 aliphatic rings. The minimum absolute atomic E-state index is 0.0855. The predicted molar refractivity (Wildman–Crippen MR) is 126 cm³/mol. The number of ether oxygens (including phenoxy) is 1. The zero-order chi connectivity index (χ0) is 26.4. The molecule has 1 heterocycles. The second-order valence-corrected chi connectivity index (χ2v) is 11.7. The van der Waals surface area contributed by atoms with Crippen LogP contribution in [0.25, 0.3) is 0 Å². The average Bonchev–Trinajstić information content (AvgIpc) is 2.81. The molecule has 1 atom stereocenters. The first-order valence-corrected chi connectivity index (χ1v) is 12.8. The van der Waals surface area contributed by atoms with Crippen molar-refractivity contribution in [1.82, 2.24) is 14.7 Å². The van der Waals surface area contributed by atoms with Crippen LogP contribution < -0.4 is 10.2 Å². The van der Waals surface area contributed by atoms with E-state index in [2.05, 4.69) is 0 Å². The summed E-state index contributed by atoms with van der Waals surface area (Å²) in [5.74, 6) is -2.17. The third-order valence-electron chi connectivity index (χ3n) is 5.98. The minimum atomic E-state index is -4.24. The van der Waals surface area contributed by atoms with Gasteiger partial charge in [-0.15, -0.1) is 0 Å². The summed E-state index contributed by atoms with van der Waals surface area (Å²) in [7, 11) is -2.79. The van der Waals surface area contributed by atoms with Gasteiger partial charge in [-0.1, -0.05) is 20.8 Å². The highest BCUT2D eigenvalue weighted by atomic mass is 32.2. The Morgan fingerprint density at radius 3 is 2.20 bits per heavy atom. The van der Waals surface area contributed by atoms with Crippen molar-refractivity contribution in [2.75, 3.05) is 26.7 Å². The largest absolute Gasteiger partial charge is 0.497 e. The summed E-state index contributed by atoms with van der Waals surface area (Å²) in [6.07, 6.45) is 0.544. The molecule has 0 spiro atoms. The number of carbonyl (C=O) groups is 3. The Balaban J connectivity index is 2.32. The summed E-state index contributed by atoms with van der Waals surface area (Å²) < 4.78 is 33.3. The summed E-state index contributed by atoms with van der Waals surface area (Å²) in [5, 5.41) is 18.5. The second kappa shape index (κ2) is 11.8. The lowest BCUT2D eigenvalue weighted by molar-refractivity contribution is -0.145. The first-order valence-electron chi connectivity index (χ1n) is 11.4. The number of likely N-dealkylation sites (tertiary alicyclic amines) is 1. The Labute approximate surface area is 206 Å². The van der Waals surface area contributed by atoms with Crippen molar-refractivity contribution >= 4 is 27.8 Å². The van der Waals surface area contributed by atoms with E-state index in [1.165, 1.54) is 36.3 Å². The minimum Gasteiger partial charge on any atom is -0.497 e. The fourth-order valence-electron chi connectivity index (χ4n) is 4.05. The maximum atomic E-state index is 13.6. The van der Waals surface area contributed by atoms with Crippen LogP contribution in [0.2, 0.25) is 0 Å². The van der Waals surface area contributed by atoms with E-state index in [4.69, 9.17) is 9.84 Å². The van der Waals surface area contributed by atoms with Crippen LogP contribution in [0.5, 0.6) is 5.75 Å². The fourth-order valence-corrected chi connectivity index (χ4v) is 5.63. The van der Waals surface area contributed by atoms with E-state index in [1.54, 1.807) is 5.48 Å². The standard InChI is InChI=1S/C23H35N3O8S/c1-23(2,3)15-19(21(28)24-31)26(35(32,33)18-7-5-17(34-4)6-8-18)14-11-20(27)25-12-9-16(10-13-25)22(29)30/h5-8,16,19,31H,9-15H2,1-4H3,(H,24,28)(H,29,30). The molecule has 0 saturated carbocycles. The molecule has 1 unspecified atom stereocenters. The Morgan fingerprint density at radius 1 is 1.17 bits per heavy atom. The van der Waals surface area contributed by atoms with E-state index in [-0.39, 0.29) is 43.3 Å². The molecule has 3 N–H and O–H groups in total. The number of hydroxylamine groups is 1. The van der Waals surface area contributed by atoms with Crippen molar-refractivity contribution in [3.63, 3.8) is 0 Å². The molecule has 0 aromatic heterocycles. The molecule has 2 amide bonds. The monoisotopic (exact) mass is 513 g/mol. The van der Waals surface area contributed by atoms with Crippen molar-refractivity contribution in [2.45, 2.75) is 57.4 Å². The summed E-state index contributed by atoms with van der Waals surface area (Å²) in [5.41, 5.74) is 1.08. The molecule has 1 aliphatic heterocycles. The zero-order valence-corrected chi connectivity index (χ0v) is 21.4. The summed E-state index contributed by atoms with van der Waals surface area (Å²) in [4.78, 5) is 38.1. The van der Waals surface area contributed by atoms with Crippen molar-refractivity contribution in [3.8, 4) is 5.75 Å². The molecular weight excluding hydrogens is 478 g/mol. The number of hydrogen-bond donors (Lipinski definition) is 3. The van der Waals surface area contributed by atoms with Gasteiger partial charge in [0.1, 0.15) is 11.8 Å². The van der Waals surface area contributed by atoms with Gasteiger partial charge in [0, 0.05) is 26.1 Å². The lowest BCUT2D eigenvalue weighted by atomic mass is 9.87. The van der Waals surface area contributed by atoms with Gasteiger partial charge in [-0.3, -0.25) is 19.6 Å². The molecule has 0 aliphatic carbocycles. The van der Waals surface area contributed by atoms with Crippen LogP contribution in [0.1, 0.15) is 46.5 Å². The van der Waals surface area contributed by atoms with Crippen LogP contribution in [-0.4, -0.2) is 78.5 Å². The number of amides is 2. The van der Waals surface area contributed by atoms with Crippen LogP contribution in [0.15, 0.2) is 29.2 Å². The van der Waals surface area contributed by atoms with E-state index < -0.39 is 39.3 Å². The maximum absolute atomic E-state index is 13.6. The maximum Gasteiger partial charge on any atom is 0.306 e. The molecule has 0 radical (unpaired) electrons. The van der Waals surface area contributed by atoms with Gasteiger partial charge >= 0.3 is 5.97 Å². The fraction of sp³-hybridized carbons (Fsp3) is 0.609. The average molecular weight is 514 g/mol. The van der Waals surface area contributed by atoms with Crippen molar-refractivity contribution in [1.29, 1.82) is 0 Å². The molecule has 12 heteroatoms. The zero-order valence-electron chi connectivity index (χ0n) is 20.6. The molecule has 1 saturated heterocycles. The summed E-state index contributed by atoms with van der Waals surface area (Å²) in [6, 6.07) is 4.40. The van der Waals surface area contributed by atoms with Crippen LogP contribution in [-0.2, 0) is 24.4 Å². The molecule has 0 bridgehead atoms. The molecule has 1 fully saturated rings. The number of sulfonamides is 1. The van der Waals surface area contributed by atoms with Gasteiger partial charge < -0.3 is 14.7 Å². The van der Waals surface area contributed by atoms with Gasteiger partial charge in [0.15, 0.2) is 0 Å². The van der Waals surface area contributed by atoms with Crippen molar-refractivity contribution < 1.29 is 37.9 Å². The molecule has 196 valence electrons. The smallest absolute Gasteiger partial charge is 0.306 e.